The largest absolute Gasteiger partial charge is 0.455 e. The third kappa shape index (κ3) is 6.31. The third-order valence-electron chi connectivity index (χ3n) is 16.2. The highest BCUT2D eigenvalue weighted by molar-refractivity contribution is 6.12. The Labute approximate surface area is 435 Å². The molecule has 2 aliphatic carbocycles. The van der Waals surface area contributed by atoms with E-state index < -0.39 is 10.8 Å². The molecule has 0 atom stereocenters. The molecule has 0 aliphatic heterocycles. The van der Waals surface area contributed by atoms with E-state index in [1.807, 2.05) is 12.1 Å². The van der Waals surface area contributed by atoms with Crippen molar-refractivity contribution in [2.45, 2.75) is 38.5 Å². The predicted octanol–water partition coefficient (Wildman–Crippen LogP) is 20.0. The molecule has 0 amide bonds. The van der Waals surface area contributed by atoms with Gasteiger partial charge in [0.25, 0.3) is 0 Å². The molecule has 5 nitrogen and oxygen atoms in total. The first-order valence-electron chi connectivity index (χ1n) is 25.9. The number of para-hydroxylation sites is 6. The first-order valence-corrected chi connectivity index (χ1v) is 25.9. The summed E-state index contributed by atoms with van der Waals surface area (Å²) in [5.74, 6) is 1.92. The lowest BCUT2D eigenvalue weighted by Crippen LogP contribution is -2.23. The minimum Gasteiger partial charge on any atom is -0.455 e. The summed E-state index contributed by atoms with van der Waals surface area (Å²) in [7, 11) is 0. The molecule has 0 saturated heterocycles. The lowest BCUT2D eigenvalue weighted by atomic mass is 9.74. The minimum absolute atomic E-state index is 0.409. The second-order valence-electron chi connectivity index (χ2n) is 21.2. The van der Waals surface area contributed by atoms with Gasteiger partial charge >= 0.3 is 0 Å². The van der Waals surface area contributed by atoms with Crippen LogP contribution in [0.4, 0.5) is 34.1 Å². The zero-order chi connectivity index (χ0) is 50.2. The third-order valence-corrected chi connectivity index (χ3v) is 16.2. The van der Waals surface area contributed by atoms with Crippen molar-refractivity contribution in [1.82, 2.24) is 0 Å². The smallest absolute Gasteiger partial charge is 0.159 e. The molecule has 0 saturated carbocycles. The fraction of sp³-hybridized carbons (Fsp3) is 0.0857. The van der Waals surface area contributed by atoms with Gasteiger partial charge in [0.15, 0.2) is 11.2 Å². The number of rotatable bonds is 8. The highest BCUT2D eigenvalue weighted by Crippen LogP contribution is 2.63. The Morgan fingerprint density at radius 3 is 1.13 bits per heavy atom. The quantitative estimate of drug-likeness (QED) is 0.152. The zero-order valence-corrected chi connectivity index (χ0v) is 42.1. The monoisotopic (exact) mass is 966 g/mol. The molecule has 3 aromatic heterocycles. The van der Waals surface area contributed by atoms with Crippen molar-refractivity contribution >= 4 is 78.0 Å². The van der Waals surface area contributed by atoms with Gasteiger partial charge in [-0.1, -0.05) is 185 Å². The summed E-state index contributed by atoms with van der Waals surface area (Å²) < 4.78 is 20.9. The van der Waals surface area contributed by atoms with Gasteiger partial charge < -0.3 is 23.1 Å². The summed E-state index contributed by atoms with van der Waals surface area (Å²) in [6.45, 7) is 9.50. The molecule has 0 unspecified atom stereocenters. The van der Waals surface area contributed by atoms with E-state index >= 15 is 0 Å². The summed E-state index contributed by atoms with van der Waals surface area (Å²) in [4.78, 5) is 4.78. The number of hydrogen-bond donors (Lipinski definition) is 0. The Morgan fingerprint density at radius 2 is 0.680 bits per heavy atom. The van der Waals surface area contributed by atoms with E-state index in [1.54, 1.807) is 0 Å². The Kier molecular flexibility index (Phi) is 9.28. The normalized spacial score (nSPS) is 13.8. The van der Waals surface area contributed by atoms with Crippen molar-refractivity contribution in [3.8, 4) is 44.9 Å². The highest BCUT2D eigenvalue weighted by Gasteiger charge is 2.50. The Balaban J connectivity index is 0.878. The molecular weight excluding hydrogens is 917 g/mol. The molecule has 358 valence electrons. The van der Waals surface area contributed by atoms with Crippen LogP contribution < -0.4 is 9.80 Å². The van der Waals surface area contributed by atoms with Crippen LogP contribution in [-0.4, -0.2) is 0 Å². The van der Waals surface area contributed by atoms with Crippen LogP contribution in [0.3, 0.4) is 0 Å². The van der Waals surface area contributed by atoms with Crippen LogP contribution in [0.15, 0.2) is 244 Å². The van der Waals surface area contributed by atoms with Gasteiger partial charge in [-0.3, -0.25) is 0 Å². The average molecular weight is 967 g/mol. The summed E-state index contributed by atoms with van der Waals surface area (Å²) >= 11 is 0. The summed E-state index contributed by atoms with van der Waals surface area (Å²) in [5, 5.41) is 4.37. The van der Waals surface area contributed by atoms with Crippen molar-refractivity contribution in [3.63, 3.8) is 0 Å². The van der Waals surface area contributed by atoms with Crippen LogP contribution in [0.5, 0.6) is 0 Å². The van der Waals surface area contributed by atoms with Gasteiger partial charge in [-0.15, -0.1) is 0 Å². The Morgan fingerprint density at radius 1 is 0.307 bits per heavy atom. The second-order valence-corrected chi connectivity index (χ2v) is 21.2. The van der Waals surface area contributed by atoms with Gasteiger partial charge in [0, 0.05) is 77.1 Å². The molecule has 0 spiro atoms. The van der Waals surface area contributed by atoms with Crippen LogP contribution in [0, 0.1) is 0 Å². The number of nitrogens with zero attached hydrogens (tertiary/aromatic N) is 2. The number of furan rings is 3. The summed E-state index contributed by atoms with van der Waals surface area (Å²) in [6.07, 6.45) is 0. The lowest BCUT2D eigenvalue weighted by molar-refractivity contribution is 0.592. The van der Waals surface area contributed by atoms with Gasteiger partial charge in [0.2, 0.25) is 0 Å². The van der Waals surface area contributed by atoms with E-state index in [9.17, 15) is 0 Å². The average Bonchev–Trinajstić information content (AvgIpc) is 4.41. The van der Waals surface area contributed by atoms with Crippen molar-refractivity contribution in [2.24, 2.45) is 0 Å². The number of fused-ring (bicyclic) bond motifs is 13. The fourth-order valence-corrected chi connectivity index (χ4v) is 12.7. The zero-order valence-electron chi connectivity index (χ0n) is 42.1. The van der Waals surface area contributed by atoms with Crippen molar-refractivity contribution in [3.05, 3.63) is 253 Å². The van der Waals surface area contributed by atoms with Crippen molar-refractivity contribution in [2.75, 3.05) is 9.80 Å². The Bertz CT molecular complexity index is 4160. The number of benzene rings is 10. The number of anilines is 6. The molecule has 5 heteroatoms. The van der Waals surface area contributed by atoms with E-state index in [-0.39, 0.29) is 0 Å². The van der Waals surface area contributed by atoms with Crippen LogP contribution >= 0.6 is 0 Å². The van der Waals surface area contributed by atoms with E-state index in [2.05, 4.69) is 256 Å². The molecule has 75 heavy (non-hydrogen) atoms. The summed E-state index contributed by atoms with van der Waals surface area (Å²) in [5.41, 5.74) is 20.5. The van der Waals surface area contributed by atoms with Crippen LogP contribution in [0.1, 0.15) is 49.9 Å². The molecule has 2 aliphatic rings. The van der Waals surface area contributed by atoms with Gasteiger partial charge in [-0.2, -0.15) is 0 Å². The molecule has 3 heterocycles. The van der Waals surface area contributed by atoms with Gasteiger partial charge in [-0.05, 0) is 95.1 Å². The maximum Gasteiger partial charge on any atom is 0.159 e. The molecule has 0 radical (unpaired) electrons. The molecule has 0 N–H and O–H groups in total. The molecule has 15 rings (SSSR count). The van der Waals surface area contributed by atoms with E-state index in [0.29, 0.717) is 0 Å². The summed E-state index contributed by atoms with van der Waals surface area (Å²) in [6, 6.07) is 82.3. The predicted molar refractivity (Wildman–Crippen MR) is 309 cm³/mol. The van der Waals surface area contributed by atoms with Crippen LogP contribution in [0.2, 0.25) is 0 Å². The number of hydrogen-bond acceptors (Lipinski definition) is 5. The topological polar surface area (TPSA) is 45.9 Å². The molecule has 0 bridgehead atoms. The second kappa shape index (κ2) is 16.1. The maximum absolute atomic E-state index is 7.31. The standard InChI is InChI=1S/C70H50N2O3/c1-69(2)55-41-45(71(57-31-15-11-25-47(57)43-21-7-5-8-22-43)59-33-19-29-51-49-27-13-17-35-61(49)73-65(51)59)37-39-53(55)67-63(69)64-68(75-67)54-40-38-46(42-56(54)70(64,3)4)72(58-32-16-12-26-48(58)44-23-9-6-10-24-44)60-34-20-30-52-50-28-14-18-36-62(50)74-66(52)60/h5-42H,1-4H3. The van der Waals surface area contributed by atoms with E-state index in [4.69, 9.17) is 13.3 Å². The van der Waals surface area contributed by atoms with Crippen molar-refractivity contribution in [1.29, 1.82) is 0 Å². The van der Waals surface area contributed by atoms with Gasteiger partial charge in [0.05, 0.1) is 22.7 Å². The van der Waals surface area contributed by atoms with Crippen LogP contribution in [-0.2, 0) is 10.8 Å². The molecule has 0 fully saturated rings. The van der Waals surface area contributed by atoms with Crippen molar-refractivity contribution < 1.29 is 13.3 Å². The highest BCUT2D eigenvalue weighted by atomic mass is 16.3. The van der Waals surface area contributed by atoms with E-state index in [0.717, 1.165) is 123 Å². The molecule has 10 aromatic carbocycles. The maximum atomic E-state index is 7.31. The fourth-order valence-electron chi connectivity index (χ4n) is 12.7. The van der Waals surface area contributed by atoms with Gasteiger partial charge in [0.1, 0.15) is 22.7 Å². The molecular formula is C70H50N2O3. The first-order chi connectivity index (χ1) is 36.7. The lowest BCUT2D eigenvalue weighted by Gasteiger charge is -2.31. The first kappa shape index (κ1) is 43.3. The van der Waals surface area contributed by atoms with Crippen LogP contribution in [0.25, 0.3) is 88.8 Å². The Hall–Kier alpha value is -9.32. The minimum atomic E-state index is -0.409. The molecule has 13 aromatic rings. The van der Waals surface area contributed by atoms with Gasteiger partial charge in [-0.25, -0.2) is 0 Å². The van der Waals surface area contributed by atoms with E-state index in [1.165, 1.54) is 22.3 Å². The SMILES string of the molecule is CC1(C)c2cc(N(c3ccccc3-c3ccccc3)c3cccc4c3oc3ccccc34)ccc2-c2oc3c(c21)C(C)(C)c1cc(N(c2ccccc2-c2ccccc2)c2cccc4c2oc2ccccc24)ccc1-3.